The third-order valence-corrected chi connectivity index (χ3v) is 4.49. The van der Waals surface area contributed by atoms with Crippen LogP contribution in [0, 0.1) is 11.8 Å². The second-order valence-electron chi connectivity index (χ2n) is 5.43. The van der Waals surface area contributed by atoms with Crippen LogP contribution in [-0.2, 0) is 0 Å². The van der Waals surface area contributed by atoms with Crippen LogP contribution in [0.15, 0.2) is 24.3 Å². The van der Waals surface area contributed by atoms with Crippen molar-refractivity contribution < 1.29 is 0 Å². The number of hydrogen-bond donors (Lipinski definition) is 1. The number of rotatable bonds is 3. The fourth-order valence-corrected chi connectivity index (χ4v) is 3.16. The third kappa shape index (κ3) is 2.52. The van der Waals surface area contributed by atoms with E-state index in [0.29, 0.717) is 5.15 Å². The molecule has 1 aromatic carbocycles. The van der Waals surface area contributed by atoms with Crippen molar-refractivity contribution in [2.45, 2.75) is 26.2 Å². The Morgan fingerprint density at radius 1 is 1.21 bits per heavy atom. The molecule has 1 N–H and O–H groups in total. The van der Waals surface area contributed by atoms with Crippen molar-refractivity contribution in [3.05, 3.63) is 29.4 Å². The van der Waals surface area contributed by atoms with Crippen molar-refractivity contribution in [1.82, 2.24) is 10.2 Å². The van der Waals surface area contributed by atoms with Crippen molar-refractivity contribution in [2.24, 2.45) is 11.8 Å². The Balaban J connectivity index is 1.83. The summed E-state index contributed by atoms with van der Waals surface area (Å²) in [4.78, 5) is 0. The van der Waals surface area contributed by atoms with Crippen LogP contribution in [0.1, 0.15) is 26.2 Å². The van der Waals surface area contributed by atoms with Gasteiger partial charge in [0.05, 0.1) is 0 Å². The van der Waals surface area contributed by atoms with E-state index in [4.69, 9.17) is 11.6 Å². The second kappa shape index (κ2) is 5.33. The van der Waals surface area contributed by atoms with Crippen molar-refractivity contribution in [3.63, 3.8) is 0 Å². The summed E-state index contributed by atoms with van der Waals surface area (Å²) < 4.78 is 0. The molecule has 1 heterocycles. The molecule has 2 unspecified atom stereocenters. The number of benzene rings is 1. The van der Waals surface area contributed by atoms with E-state index in [0.717, 1.165) is 35.0 Å². The van der Waals surface area contributed by atoms with Crippen LogP contribution < -0.4 is 5.32 Å². The van der Waals surface area contributed by atoms with E-state index in [1.165, 1.54) is 19.3 Å². The number of aromatic nitrogens is 2. The number of hydrogen-bond acceptors (Lipinski definition) is 3. The minimum Gasteiger partial charge on any atom is -0.368 e. The van der Waals surface area contributed by atoms with Gasteiger partial charge in [-0.15, -0.1) is 10.2 Å². The smallest absolute Gasteiger partial charge is 0.159 e. The molecule has 1 aliphatic carbocycles. The van der Waals surface area contributed by atoms with Gasteiger partial charge in [0.25, 0.3) is 0 Å². The monoisotopic (exact) mass is 275 g/mol. The summed E-state index contributed by atoms with van der Waals surface area (Å²) >= 11 is 6.08. The molecular formula is C15H18ClN3. The van der Waals surface area contributed by atoms with Crippen LogP contribution in [0.4, 0.5) is 5.82 Å². The van der Waals surface area contributed by atoms with E-state index in [2.05, 4.69) is 22.4 Å². The lowest BCUT2D eigenvalue weighted by Gasteiger charge is -2.16. The SMILES string of the molecule is CC1CCCC1CNc1nnc(Cl)c2ccccc12. The number of halogens is 1. The van der Waals surface area contributed by atoms with Gasteiger partial charge in [0.2, 0.25) is 0 Å². The number of nitrogens with zero attached hydrogens (tertiary/aromatic N) is 2. The quantitative estimate of drug-likeness (QED) is 0.915. The first kappa shape index (κ1) is 12.7. The fourth-order valence-electron chi connectivity index (χ4n) is 2.95. The van der Waals surface area contributed by atoms with E-state index >= 15 is 0 Å². The van der Waals surface area contributed by atoms with Gasteiger partial charge in [-0.3, -0.25) is 0 Å². The topological polar surface area (TPSA) is 37.8 Å². The predicted molar refractivity (Wildman–Crippen MR) is 79.5 cm³/mol. The molecule has 0 radical (unpaired) electrons. The Bertz CT molecular complexity index is 585. The maximum absolute atomic E-state index is 6.08. The molecule has 4 heteroatoms. The summed E-state index contributed by atoms with van der Waals surface area (Å²) in [7, 11) is 0. The molecular weight excluding hydrogens is 258 g/mol. The summed E-state index contributed by atoms with van der Waals surface area (Å²) in [6.45, 7) is 3.31. The predicted octanol–water partition coefficient (Wildman–Crippen LogP) is 4.13. The Labute approximate surface area is 118 Å². The maximum atomic E-state index is 6.08. The minimum atomic E-state index is 0.468. The first-order chi connectivity index (χ1) is 9.25. The van der Waals surface area contributed by atoms with Crippen LogP contribution in [0.5, 0.6) is 0 Å². The van der Waals surface area contributed by atoms with E-state index < -0.39 is 0 Å². The molecule has 0 bridgehead atoms. The van der Waals surface area contributed by atoms with Gasteiger partial charge in [0.1, 0.15) is 0 Å². The Hall–Kier alpha value is -1.35. The molecule has 0 amide bonds. The highest BCUT2D eigenvalue weighted by Crippen LogP contribution is 2.32. The first-order valence-corrected chi connectivity index (χ1v) is 7.28. The van der Waals surface area contributed by atoms with E-state index in [1.807, 2.05) is 24.3 Å². The maximum Gasteiger partial charge on any atom is 0.159 e. The summed E-state index contributed by atoms with van der Waals surface area (Å²) in [5.74, 6) is 2.40. The minimum absolute atomic E-state index is 0.468. The Morgan fingerprint density at radius 2 is 2.00 bits per heavy atom. The highest BCUT2D eigenvalue weighted by atomic mass is 35.5. The molecule has 2 atom stereocenters. The molecule has 100 valence electrons. The standard InChI is InChI=1S/C15H18ClN3/c1-10-5-4-6-11(10)9-17-15-13-8-3-2-7-12(13)14(16)18-19-15/h2-3,7-8,10-11H,4-6,9H2,1H3,(H,17,19). The van der Waals surface area contributed by atoms with Gasteiger partial charge >= 0.3 is 0 Å². The third-order valence-electron chi connectivity index (χ3n) is 4.21. The van der Waals surface area contributed by atoms with Crippen LogP contribution in [0.2, 0.25) is 5.15 Å². The van der Waals surface area contributed by atoms with Crippen LogP contribution in [0.25, 0.3) is 10.8 Å². The van der Waals surface area contributed by atoms with Gasteiger partial charge in [-0.05, 0) is 18.3 Å². The van der Waals surface area contributed by atoms with Gasteiger partial charge in [-0.1, -0.05) is 55.6 Å². The van der Waals surface area contributed by atoms with E-state index in [9.17, 15) is 0 Å². The lowest BCUT2D eigenvalue weighted by molar-refractivity contribution is 0.439. The van der Waals surface area contributed by atoms with Gasteiger partial charge in [0.15, 0.2) is 11.0 Å². The number of anilines is 1. The lowest BCUT2D eigenvalue weighted by Crippen LogP contribution is -2.17. The molecule has 1 fully saturated rings. The molecule has 1 saturated carbocycles. The normalized spacial score (nSPS) is 22.8. The summed E-state index contributed by atoms with van der Waals surface area (Å²) in [6.07, 6.45) is 4.01. The van der Waals surface area contributed by atoms with Gasteiger partial charge in [-0.2, -0.15) is 0 Å². The van der Waals surface area contributed by atoms with E-state index in [1.54, 1.807) is 0 Å². The van der Waals surface area contributed by atoms with Crippen molar-refractivity contribution >= 4 is 28.2 Å². The number of fused-ring (bicyclic) bond motifs is 1. The Morgan fingerprint density at radius 3 is 2.74 bits per heavy atom. The average molecular weight is 276 g/mol. The van der Waals surface area contributed by atoms with Gasteiger partial charge in [0, 0.05) is 17.3 Å². The summed E-state index contributed by atoms with van der Waals surface area (Å²) in [5.41, 5.74) is 0. The molecule has 1 aliphatic rings. The van der Waals surface area contributed by atoms with Crippen LogP contribution in [0.3, 0.4) is 0 Å². The van der Waals surface area contributed by atoms with Crippen molar-refractivity contribution in [3.8, 4) is 0 Å². The van der Waals surface area contributed by atoms with Crippen molar-refractivity contribution in [2.75, 3.05) is 11.9 Å². The molecule has 0 saturated heterocycles. The zero-order valence-electron chi connectivity index (χ0n) is 11.1. The second-order valence-corrected chi connectivity index (χ2v) is 5.79. The molecule has 1 aromatic heterocycles. The fraction of sp³-hybridized carbons (Fsp3) is 0.467. The summed E-state index contributed by atoms with van der Waals surface area (Å²) in [6, 6.07) is 7.99. The molecule has 3 nitrogen and oxygen atoms in total. The van der Waals surface area contributed by atoms with Gasteiger partial charge < -0.3 is 5.32 Å². The zero-order valence-corrected chi connectivity index (χ0v) is 11.8. The van der Waals surface area contributed by atoms with Crippen LogP contribution in [-0.4, -0.2) is 16.7 Å². The largest absolute Gasteiger partial charge is 0.368 e. The van der Waals surface area contributed by atoms with Crippen LogP contribution >= 0.6 is 11.6 Å². The first-order valence-electron chi connectivity index (χ1n) is 6.90. The Kier molecular flexibility index (Phi) is 3.56. The molecule has 2 aromatic rings. The highest BCUT2D eigenvalue weighted by Gasteiger charge is 2.23. The van der Waals surface area contributed by atoms with E-state index in [-0.39, 0.29) is 0 Å². The lowest BCUT2D eigenvalue weighted by atomic mass is 9.98. The molecule has 0 aliphatic heterocycles. The molecule has 19 heavy (non-hydrogen) atoms. The average Bonchev–Trinajstić information content (AvgIpc) is 2.84. The zero-order chi connectivity index (χ0) is 13.2. The molecule has 0 spiro atoms. The van der Waals surface area contributed by atoms with Gasteiger partial charge in [-0.25, -0.2) is 0 Å². The molecule has 3 rings (SSSR count). The summed E-state index contributed by atoms with van der Waals surface area (Å²) in [5, 5.41) is 14.2. The number of nitrogens with one attached hydrogen (secondary N) is 1. The highest BCUT2D eigenvalue weighted by molar-refractivity contribution is 6.34. The van der Waals surface area contributed by atoms with Crippen molar-refractivity contribution in [1.29, 1.82) is 0 Å².